The van der Waals surface area contributed by atoms with Crippen LogP contribution in [-0.4, -0.2) is 30.5 Å². The third-order valence-electron chi connectivity index (χ3n) is 3.86. The molecule has 0 atom stereocenters. The molecule has 0 N–H and O–H groups in total. The maximum absolute atomic E-state index is 13.2. The Morgan fingerprint density at radius 1 is 1.27 bits per heavy atom. The summed E-state index contributed by atoms with van der Waals surface area (Å²) in [6.45, 7) is 1.61. The minimum absolute atomic E-state index is 0.166. The van der Waals surface area contributed by atoms with Crippen molar-refractivity contribution in [3.05, 3.63) is 70.1 Å². The molecule has 0 spiro atoms. The van der Waals surface area contributed by atoms with Crippen molar-refractivity contribution in [1.82, 2.24) is 9.80 Å². The first-order valence-corrected chi connectivity index (χ1v) is 7.53. The van der Waals surface area contributed by atoms with Crippen LogP contribution in [0, 0.1) is 5.82 Å². The summed E-state index contributed by atoms with van der Waals surface area (Å²) in [5, 5.41) is 0.166. The zero-order chi connectivity index (χ0) is 15.7. The Kier molecular flexibility index (Phi) is 4.12. The Hall–Kier alpha value is -1.94. The van der Waals surface area contributed by atoms with Crippen molar-refractivity contribution < 1.29 is 9.13 Å². The van der Waals surface area contributed by atoms with E-state index >= 15 is 0 Å². The topological polar surface area (TPSA) is 15.7 Å². The fourth-order valence-electron chi connectivity index (χ4n) is 2.78. The van der Waals surface area contributed by atoms with Gasteiger partial charge in [-0.1, -0.05) is 17.7 Å². The van der Waals surface area contributed by atoms with Crippen molar-refractivity contribution >= 4 is 11.6 Å². The van der Waals surface area contributed by atoms with E-state index < -0.39 is 0 Å². The number of methoxy groups -OCH3 is 1. The Balaban J connectivity index is 1.82. The summed E-state index contributed by atoms with van der Waals surface area (Å²) in [6, 6.07) is 4.87. The van der Waals surface area contributed by atoms with Crippen molar-refractivity contribution in [1.29, 1.82) is 0 Å². The molecule has 0 radical (unpaired) electrons. The van der Waals surface area contributed by atoms with Crippen molar-refractivity contribution in [3.8, 4) is 0 Å². The number of fused-ring (bicyclic) bond motifs is 1. The highest BCUT2D eigenvalue weighted by atomic mass is 35.5. The van der Waals surface area contributed by atoms with Gasteiger partial charge in [0.05, 0.1) is 12.1 Å². The average molecular weight is 321 g/mol. The minimum atomic E-state index is -0.382. The zero-order valence-corrected chi connectivity index (χ0v) is 13.4. The molecule has 0 aromatic heterocycles. The summed E-state index contributed by atoms with van der Waals surface area (Å²) < 4.78 is 18.7. The number of allylic oxidation sites excluding steroid dienone is 1. The number of rotatable bonds is 3. The quantitative estimate of drug-likeness (QED) is 0.840. The number of ether oxygens (including phenoxy) is 1. The van der Waals surface area contributed by atoms with Gasteiger partial charge in [-0.3, -0.25) is 0 Å². The van der Waals surface area contributed by atoms with Gasteiger partial charge in [-0.2, -0.15) is 0 Å². The molecule has 0 saturated heterocycles. The van der Waals surface area contributed by atoms with E-state index in [4.69, 9.17) is 16.3 Å². The normalized spacial score (nSPS) is 17.5. The zero-order valence-electron chi connectivity index (χ0n) is 12.6. The molecule has 116 valence electrons. The molecule has 2 heterocycles. The van der Waals surface area contributed by atoms with Crippen LogP contribution in [-0.2, 0) is 11.3 Å². The molecule has 3 nitrogen and oxygen atoms in total. The van der Waals surface area contributed by atoms with Crippen LogP contribution in [0.1, 0.15) is 12.0 Å². The van der Waals surface area contributed by atoms with Gasteiger partial charge in [-0.25, -0.2) is 4.39 Å². The SMILES string of the molecule is COC1=CN(C)C=C2CCN(Cc3ccc(F)c(Cl)c3)C=C21. The average Bonchev–Trinajstić information content (AvgIpc) is 2.50. The first-order chi connectivity index (χ1) is 10.6. The molecule has 5 heteroatoms. The smallest absolute Gasteiger partial charge is 0.144 e. The van der Waals surface area contributed by atoms with Gasteiger partial charge < -0.3 is 14.5 Å². The molecule has 0 saturated carbocycles. The Bertz CT molecular complexity index is 681. The highest BCUT2D eigenvalue weighted by Gasteiger charge is 2.22. The van der Waals surface area contributed by atoms with Crippen LogP contribution in [0.5, 0.6) is 0 Å². The van der Waals surface area contributed by atoms with E-state index in [0.717, 1.165) is 29.9 Å². The number of benzene rings is 1. The van der Waals surface area contributed by atoms with E-state index in [1.807, 2.05) is 18.1 Å². The van der Waals surface area contributed by atoms with Crippen LogP contribution in [0.25, 0.3) is 0 Å². The molecule has 0 bridgehead atoms. The summed E-state index contributed by atoms with van der Waals surface area (Å²) >= 11 is 5.85. The Labute approximate surface area is 134 Å². The Morgan fingerprint density at radius 2 is 2.09 bits per heavy atom. The number of halogens is 2. The second-order valence-corrected chi connectivity index (χ2v) is 5.94. The van der Waals surface area contributed by atoms with E-state index in [1.165, 1.54) is 11.6 Å². The molecule has 0 amide bonds. The molecule has 0 aliphatic carbocycles. The highest BCUT2D eigenvalue weighted by molar-refractivity contribution is 6.30. The summed E-state index contributed by atoms with van der Waals surface area (Å²) in [5.41, 5.74) is 3.38. The first-order valence-electron chi connectivity index (χ1n) is 7.16. The summed E-state index contributed by atoms with van der Waals surface area (Å²) in [4.78, 5) is 4.22. The van der Waals surface area contributed by atoms with Crippen LogP contribution >= 0.6 is 11.6 Å². The van der Waals surface area contributed by atoms with Gasteiger partial charge in [0.1, 0.15) is 11.6 Å². The van der Waals surface area contributed by atoms with Gasteiger partial charge in [0.2, 0.25) is 0 Å². The molecule has 2 aliphatic rings. The van der Waals surface area contributed by atoms with Gasteiger partial charge in [0.15, 0.2) is 0 Å². The lowest BCUT2D eigenvalue weighted by molar-refractivity contribution is 0.279. The van der Waals surface area contributed by atoms with E-state index in [9.17, 15) is 4.39 Å². The lowest BCUT2D eigenvalue weighted by Crippen LogP contribution is -2.27. The number of hydrogen-bond acceptors (Lipinski definition) is 3. The third-order valence-corrected chi connectivity index (χ3v) is 4.15. The number of nitrogens with zero attached hydrogens (tertiary/aromatic N) is 2. The molecular formula is C17H18ClFN2O. The van der Waals surface area contributed by atoms with Gasteiger partial charge in [0, 0.05) is 44.3 Å². The molecule has 0 fully saturated rings. The summed E-state index contributed by atoms with van der Waals surface area (Å²) in [7, 11) is 3.68. The van der Waals surface area contributed by atoms with Crippen LogP contribution < -0.4 is 0 Å². The molecule has 22 heavy (non-hydrogen) atoms. The van der Waals surface area contributed by atoms with Crippen LogP contribution in [0.4, 0.5) is 4.39 Å². The van der Waals surface area contributed by atoms with Crippen LogP contribution in [0.3, 0.4) is 0 Å². The second-order valence-electron chi connectivity index (χ2n) is 5.53. The van der Waals surface area contributed by atoms with Crippen molar-refractivity contribution in [2.45, 2.75) is 13.0 Å². The molecule has 1 aromatic carbocycles. The highest BCUT2D eigenvalue weighted by Crippen LogP contribution is 2.32. The standard InChI is InChI=1S/C17H18ClFN2O/c1-20-9-13-5-6-21(10-14(13)17(11-20)22-2)8-12-3-4-16(19)15(18)7-12/h3-4,7,9-11H,5-6,8H2,1-2H3. The Morgan fingerprint density at radius 3 is 2.82 bits per heavy atom. The first kappa shape index (κ1) is 15.0. The molecule has 0 unspecified atom stereocenters. The largest absolute Gasteiger partial charge is 0.495 e. The molecule has 1 aromatic rings. The lowest BCUT2D eigenvalue weighted by atomic mass is 9.97. The van der Waals surface area contributed by atoms with Gasteiger partial charge in [-0.05, 0) is 29.7 Å². The van der Waals surface area contributed by atoms with E-state index in [2.05, 4.69) is 17.3 Å². The van der Waals surface area contributed by atoms with E-state index in [1.54, 1.807) is 19.2 Å². The summed E-state index contributed by atoms with van der Waals surface area (Å²) in [6.07, 6.45) is 7.15. The van der Waals surface area contributed by atoms with Gasteiger partial charge in [-0.15, -0.1) is 0 Å². The molecule has 2 aliphatic heterocycles. The van der Waals surface area contributed by atoms with E-state index in [0.29, 0.717) is 6.54 Å². The van der Waals surface area contributed by atoms with Crippen molar-refractivity contribution in [2.24, 2.45) is 0 Å². The fraction of sp³-hybridized carbons (Fsp3) is 0.294. The molecule has 3 rings (SSSR count). The maximum Gasteiger partial charge on any atom is 0.144 e. The summed E-state index contributed by atoms with van der Waals surface area (Å²) in [5.74, 6) is 0.481. The predicted octanol–water partition coefficient (Wildman–Crippen LogP) is 3.89. The van der Waals surface area contributed by atoms with Crippen LogP contribution in [0.2, 0.25) is 5.02 Å². The fourth-order valence-corrected chi connectivity index (χ4v) is 2.99. The minimum Gasteiger partial charge on any atom is -0.495 e. The second kappa shape index (κ2) is 6.05. The third kappa shape index (κ3) is 2.97. The predicted molar refractivity (Wildman–Crippen MR) is 85.5 cm³/mol. The van der Waals surface area contributed by atoms with Gasteiger partial charge in [0.25, 0.3) is 0 Å². The maximum atomic E-state index is 13.2. The lowest BCUT2D eigenvalue weighted by Gasteiger charge is -2.32. The molecular weight excluding hydrogens is 303 g/mol. The van der Waals surface area contributed by atoms with Gasteiger partial charge >= 0.3 is 0 Å². The number of hydrogen-bond donors (Lipinski definition) is 0. The monoisotopic (exact) mass is 320 g/mol. The van der Waals surface area contributed by atoms with Crippen LogP contribution in [0.15, 0.2) is 53.7 Å². The van der Waals surface area contributed by atoms with E-state index in [-0.39, 0.29) is 10.8 Å². The van der Waals surface area contributed by atoms with Crippen molar-refractivity contribution in [2.75, 3.05) is 20.7 Å². The van der Waals surface area contributed by atoms with Crippen molar-refractivity contribution in [3.63, 3.8) is 0 Å².